The van der Waals surface area contributed by atoms with Crippen molar-refractivity contribution in [3.63, 3.8) is 0 Å². The molecule has 1 heterocycles. The molecule has 5 aliphatic rings. The molecule has 152 valence electrons. The number of hydrogen-bond donors (Lipinski definition) is 1. The SMILES string of the molecule is CC12CCC3C4CCC5(O)CC5C4CCC3C1CCC2C(=O)Cn1ccnc1. The zero-order chi connectivity index (χ0) is 19.1. The van der Waals surface area contributed by atoms with Crippen molar-refractivity contribution < 1.29 is 9.90 Å². The summed E-state index contributed by atoms with van der Waals surface area (Å²) in [6.07, 6.45) is 16.4. The average molecular weight is 383 g/mol. The van der Waals surface area contributed by atoms with Crippen LogP contribution >= 0.6 is 0 Å². The van der Waals surface area contributed by atoms with Crippen LogP contribution in [0.2, 0.25) is 0 Å². The highest BCUT2D eigenvalue weighted by Gasteiger charge is 2.65. The molecule has 0 radical (unpaired) electrons. The van der Waals surface area contributed by atoms with Crippen molar-refractivity contribution in [2.45, 2.75) is 76.9 Å². The number of carbonyl (C=O) groups is 1. The van der Waals surface area contributed by atoms with Gasteiger partial charge in [-0.05, 0) is 98.7 Å². The molecule has 0 bridgehead atoms. The smallest absolute Gasteiger partial charge is 0.156 e. The molecule has 28 heavy (non-hydrogen) atoms. The monoisotopic (exact) mass is 382 g/mol. The molecule has 1 aromatic heterocycles. The van der Waals surface area contributed by atoms with Gasteiger partial charge in [-0.1, -0.05) is 6.92 Å². The third-order valence-corrected chi connectivity index (χ3v) is 10.2. The molecular weight excluding hydrogens is 348 g/mol. The predicted octanol–water partition coefficient (Wildman–Crippen LogP) is 4.08. The predicted molar refractivity (Wildman–Crippen MR) is 106 cm³/mol. The van der Waals surface area contributed by atoms with Crippen molar-refractivity contribution in [3.05, 3.63) is 18.7 Å². The van der Waals surface area contributed by atoms with Crippen LogP contribution in [0.1, 0.15) is 64.7 Å². The summed E-state index contributed by atoms with van der Waals surface area (Å²) < 4.78 is 1.94. The first-order chi connectivity index (χ1) is 13.5. The average Bonchev–Trinajstić information content (AvgIpc) is 3.00. The Hall–Kier alpha value is -1.16. The van der Waals surface area contributed by atoms with Crippen molar-refractivity contribution in [1.29, 1.82) is 0 Å². The fourth-order valence-electron chi connectivity index (χ4n) is 8.88. The Labute approximate surface area is 168 Å². The topological polar surface area (TPSA) is 55.1 Å². The fourth-order valence-corrected chi connectivity index (χ4v) is 8.88. The highest BCUT2D eigenvalue weighted by molar-refractivity contribution is 5.82. The lowest BCUT2D eigenvalue weighted by Crippen LogP contribution is -2.50. The lowest BCUT2D eigenvalue weighted by Gasteiger charge is -2.56. The summed E-state index contributed by atoms with van der Waals surface area (Å²) in [4.78, 5) is 17.3. The van der Waals surface area contributed by atoms with E-state index in [-0.39, 0.29) is 16.9 Å². The van der Waals surface area contributed by atoms with Crippen molar-refractivity contribution in [1.82, 2.24) is 9.55 Å². The molecular formula is C24H34N2O2. The summed E-state index contributed by atoms with van der Waals surface area (Å²) in [6, 6.07) is 0. The number of nitrogens with zero attached hydrogens (tertiary/aromatic N) is 2. The number of aliphatic hydroxyl groups is 1. The van der Waals surface area contributed by atoms with Crippen LogP contribution in [-0.4, -0.2) is 26.0 Å². The van der Waals surface area contributed by atoms with Crippen molar-refractivity contribution >= 4 is 5.78 Å². The number of ketones is 1. The normalized spacial score (nSPS) is 51.6. The van der Waals surface area contributed by atoms with Gasteiger partial charge in [0.05, 0.1) is 18.5 Å². The second-order valence-corrected chi connectivity index (χ2v) is 11.2. The Kier molecular flexibility index (Phi) is 3.75. The van der Waals surface area contributed by atoms with Gasteiger partial charge in [0, 0.05) is 18.3 Å². The van der Waals surface area contributed by atoms with Crippen LogP contribution in [0.3, 0.4) is 0 Å². The number of hydrogen-bond acceptors (Lipinski definition) is 3. The molecule has 0 saturated heterocycles. The van der Waals surface area contributed by atoms with Gasteiger partial charge < -0.3 is 9.67 Å². The van der Waals surface area contributed by atoms with Gasteiger partial charge in [-0.25, -0.2) is 4.98 Å². The molecule has 4 nitrogen and oxygen atoms in total. The second kappa shape index (κ2) is 5.93. The molecule has 5 aliphatic carbocycles. The van der Waals surface area contributed by atoms with Gasteiger partial charge >= 0.3 is 0 Å². The van der Waals surface area contributed by atoms with Gasteiger partial charge in [0.25, 0.3) is 0 Å². The Morgan fingerprint density at radius 3 is 2.54 bits per heavy atom. The fraction of sp³-hybridized carbons (Fsp3) is 0.833. The number of Topliss-reactive ketones (excluding diaryl/α,β-unsaturated/α-hetero) is 1. The Bertz CT molecular complexity index is 776. The van der Waals surface area contributed by atoms with E-state index in [9.17, 15) is 9.90 Å². The van der Waals surface area contributed by atoms with Gasteiger partial charge in [0.15, 0.2) is 5.78 Å². The maximum Gasteiger partial charge on any atom is 0.156 e. The third kappa shape index (κ3) is 2.39. The minimum absolute atomic E-state index is 0.209. The molecule has 5 saturated carbocycles. The quantitative estimate of drug-likeness (QED) is 0.857. The van der Waals surface area contributed by atoms with E-state index in [1.54, 1.807) is 12.5 Å². The van der Waals surface area contributed by atoms with Crippen LogP contribution in [-0.2, 0) is 11.3 Å². The van der Waals surface area contributed by atoms with Gasteiger partial charge in [0.1, 0.15) is 0 Å². The highest BCUT2D eigenvalue weighted by Crippen LogP contribution is 2.68. The second-order valence-electron chi connectivity index (χ2n) is 11.2. The summed E-state index contributed by atoms with van der Waals surface area (Å²) in [7, 11) is 0. The van der Waals surface area contributed by atoms with Crippen LogP contribution in [0, 0.1) is 46.8 Å². The molecule has 1 aromatic rings. The summed E-state index contributed by atoms with van der Waals surface area (Å²) >= 11 is 0. The van der Waals surface area contributed by atoms with Crippen LogP contribution in [0.15, 0.2) is 18.7 Å². The Morgan fingerprint density at radius 1 is 1.04 bits per heavy atom. The van der Waals surface area contributed by atoms with Crippen LogP contribution in [0.4, 0.5) is 0 Å². The van der Waals surface area contributed by atoms with Crippen molar-refractivity contribution in [2.75, 3.05) is 0 Å². The zero-order valence-electron chi connectivity index (χ0n) is 17.1. The molecule has 6 rings (SSSR count). The molecule has 4 heteroatoms. The first kappa shape index (κ1) is 17.7. The molecule has 9 unspecified atom stereocenters. The maximum atomic E-state index is 13.2. The number of fused-ring (bicyclic) bond motifs is 7. The van der Waals surface area contributed by atoms with Gasteiger partial charge in [-0.15, -0.1) is 0 Å². The largest absolute Gasteiger partial charge is 0.390 e. The molecule has 9 atom stereocenters. The summed E-state index contributed by atoms with van der Waals surface area (Å²) in [5, 5.41) is 10.6. The Balaban J connectivity index is 1.21. The van der Waals surface area contributed by atoms with Gasteiger partial charge in [-0.2, -0.15) is 0 Å². The van der Waals surface area contributed by atoms with E-state index in [1.807, 2.05) is 10.8 Å². The summed E-state index contributed by atoms with van der Waals surface area (Å²) in [5.41, 5.74) is -0.0595. The Morgan fingerprint density at radius 2 is 1.79 bits per heavy atom. The number of rotatable bonds is 3. The highest BCUT2D eigenvalue weighted by atomic mass is 16.3. The first-order valence-electron chi connectivity index (χ1n) is 11.7. The van der Waals surface area contributed by atoms with E-state index < -0.39 is 0 Å². The van der Waals surface area contributed by atoms with E-state index in [1.165, 1.54) is 38.5 Å². The van der Waals surface area contributed by atoms with E-state index in [0.29, 0.717) is 18.2 Å². The minimum atomic E-state index is -0.268. The summed E-state index contributed by atoms with van der Waals surface area (Å²) in [6.45, 7) is 2.94. The lowest BCUT2D eigenvalue weighted by atomic mass is 9.49. The number of aromatic nitrogens is 2. The van der Waals surface area contributed by atoms with E-state index in [4.69, 9.17) is 0 Å². The van der Waals surface area contributed by atoms with Crippen molar-refractivity contribution in [3.8, 4) is 0 Å². The lowest BCUT2D eigenvalue weighted by molar-refractivity contribution is -0.131. The third-order valence-electron chi connectivity index (χ3n) is 10.2. The van der Waals surface area contributed by atoms with Crippen LogP contribution in [0.5, 0.6) is 0 Å². The molecule has 0 aromatic carbocycles. The van der Waals surface area contributed by atoms with Crippen molar-refractivity contribution in [2.24, 2.45) is 46.8 Å². The summed E-state index contributed by atoms with van der Waals surface area (Å²) in [5.74, 6) is 5.37. The standard InChI is InChI=1S/C24H34N2O2/c1-23-8-6-15-16-7-9-24(28)12-21(24)18(16)3-2-17(15)19(23)4-5-20(23)22(27)13-26-11-10-25-14-26/h10-11,14-21,28H,2-9,12-13H2,1H3. The number of carbonyl (C=O) groups excluding carboxylic acids is 1. The minimum Gasteiger partial charge on any atom is -0.390 e. The first-order valence-corrected chi connectivity index (χ1v) is 11.7. The molecule has 5 fully saturated rings. The molecule has 1 N–H and O–H groups in total. The maximum absolute atomic E-state index is 13.2. The van der Waals surface area contributed by atoms with Crippen LogP contribution in [0.25, 0.3) is 0 Å². The molecule has 0 spiro atoms. The van der Waals surface area contributed by atoms with Gasteiger partial charge in [0.2, 0.25) is 0 Å². The van der Waals surface area contributed by atoms with E-state index in [0.717, 1.165) is 48.9 Å². The molecule has 0 aliphatic heterocycles. The number of imidazole rings is 1. The van der Waals surface area contributed by atoms with Crippen LogP contribution < -0.4 is 0 Å². The van der Waals surface area contributed by atoms with E-state index in [2.05, 4.69) is 11.9 Å². The van der Waals surface area contributed by atoms with Gasteiger partial charge in [-0.3, -0.25) is 4.79 Å². The molecule has 0 amide bonds. The zero-order valence-corrected chi connectivity index (χ0v) is 17.1. The van der Waals surface area contributed by atoms with E-state index >= 15 is 0 Å².